The number of phenolic OH excluding ortho intramolecular Hbond substituents is 1. The predicted molar refractivity (Wildman–Crippen MR) is 70.9 cm³/mol. The fourth-order valence-corrected chi connectivity index (χ4v) is 1.80. The number of methoxy groups -OCH3 is 1. The Hall–Kier alpha value is -1.91. The van der Waals surface area contributed by atoms with Gasteiger partial charge in [0.25, 0.3) is 0 Å². The van der Waals surface area contributed by atoms with Crippen molar-refractivity contribution in [3.8, 4) is 17.2 Å². The van der Waals surface area contributed by atoms with E-state index in [0.29, 0.717) is 24.3 Å². The van der Waals surface area contributed by atoms with Crippen LogP contribution in [0.15, 0.2) is 12.1 Å². The van der Waals surface area contributed by atoms with Gasteiger partial charge in [0.05, 0.1) is 19.1 Å². The maximum Gasteiger partial charge on any atom is 0.309 e. The van der Waals surface area contributed by atoms with E-state index in [0.717, 1.165) is 0 Å². The van der Waals surface area contributed by atoms with E-state index in [1.807, 2.05) is 6.92 Å². The number of rotatable bonds is 6. The highest BCUT2D eigenvalue weighted by molar-refractivity contribution is 5.74. The lowest BCUT2D eigenvalue weighted by molar-refractivity contribution is -0.146. The van der Waals surface area contributed by atoms with Gasteiger partial charge in [0.2, 0.25) is 5.75 Å². The molecule has 0 atom stereocenters. The molecule has 0 heterocycles. The van der Waals surface area contributed by atoms with Crippen molar-refractivity contribution >= 4 is 5.97 Å². The highest BCUT2D eigenvalue weighted by atomic mass is 16.5. The van der Waals surface area contributed by atoms with Crippen molar-refractivity contribution in [3.05, 3.63) is 17.7 Å². The van der Waals surface area contributed by atoms with E-state index in [-0.39, 0.29) is 11.5 Å². The Bertz CT molecular complexity index is 465. The summed E-state index contributed by atoms with van der Waals surface area (Å²) >= 11 is 0. The summed E-state index contributed by atoms with van der Waals surface area (Å²) in [6, 6.07) is 3.21. The SMILES string of the molecule is CCOc1cc(CC(C)(C)C(=O)O)cc(O)c1OC. The summed E-state index contributed by atoms with van der Waals surface area (Å²) in [6.45, 7) is 5.53. The lowest BCUT2D eigenvalue weighted by Crippen LogP contribution is -2.26. The van der Waals surface area contributed by atoms with E-state index in [1.165, 1.54) is 13.2 Å². The van der Waals surface area contributed by atoms with Crippen LogP contribution < -0.4 is 9.47 Å². The molecule has 0 spiro atoms. The standard InChI is InChI=1S/C14H20O5/c1-5-19-11-7-9(6-10(15)12(11)18-4)8-14(2,3)13(16)17/h6-7,15H,5,8H2,1-4H3,(H,16,17). The highest BCUT2D eigenvalue weighted by Crippen LogP contribution is 2.39. The number of aromatic hydroxyl groups is 1. The van der Waals surface area contributed by atoms with Gasteiger partial charge >= 0.3 is 5.97 Å². The Labute approximate surface area is 112 Å². The fraction of sp³-hybridized carbons (Fsp3) is 0.500. The van der Waals surface area contributed by atoms with Crippen LogP contribution >= 0.6 is 0 Å². The van der Waals surface area contributed by atoms with Crippen LogP contribution in [0.3, 0.4) is 0 Å². The highest BCUT2D eigenvalue weighted by Gasteiger charge is 2.28. The van der Waals surface area contributed by atoms with E-state index in [1.54, 1.807) is 19.9 Å². The number of benzene rings is 1. The smallest absolute Gasteiger partial charge is 0.309 e. The van der Waals surface area contributed by atoms with E-state index < -0.39 is 11.4 Å². The molecule has 0 aliphatic carbocycles. The van der Waals surface area contributed by atoms with Crippen LogP contribution in [0.5, 0.6) is 17.2 Å². The van der Waals surface area contributed by atoms with Gasteiger partial charge in [-0.2, -0.15) is 0 Å². The zero-order valence-electron chi connectivity index (χ0n) is 11.7. The van der Waals surface area contributed by atoms with E-state index in [9.17, 15) is 9.90 Å². The summed E-state index contributed by atoms with van der Waals surface area (Å²) in [5.74, 6) is -0.259. The third kappa shape index (κ3) is 3.53. The molecule has 0 bridgehead atoms. The van der Waals surface area contributed by atoms with Crippen molar-refractivity contribution in [3.63, 3.8) is 0 Å². The number of aliphatic carboxylic acids is 1. The normalized spacial score (nSPS) is 11.2. The molecule has 0 unspecified atom stereocenters. The predicted octanol–water partition coefficient (Wildman–Crippen LogP) is 2.45. The first kappa shape index (κ1) is 15.1. The van der Waals surface area contributed by atoms with Crippen molar-refractivity contribution in [2.45, 2.75) is 27.2 Å². The first-order valence-electron chi connectivity index (χ1n) is 6.08. The molecular formula is C14H20O5. The minimum absolute atomic E-state index is 0.0513. The number of carboxylic acid groups (broad SMARTS) is 1. The fourth-order valence-electron chi connectivity index (χ4n) is 1.80. The lowest BCUT2D eigenvalue weighted by Gasteiger charge is -2.20. The monoisotopic (exact) mass is 268 g/mol. The number of phenols is 1. The molecule has 0 fully saturated rings. The topological polar surface area (TPSA) is 76.0 Å². The van der Waals surface area contributed by atoms with Crippen molar-refractivity contribution in [1.82, 2.24) is 0 Å². The quantitative estimate of drug-likeness (QED) is 0.828. The molecule has 2 N–H and O–H groups in total. The lowest BCUT2D eigenvalue weighted by atomic mass is 9.86. The van der Waals surface area contributed by atoms with Gasteiger partial charge in [0.1, 0.15) is 0 Å². The van der Waals surface area contributed by atoms with Crippen LogP contribution in [0, 0.1) is 5.41 Å². The Morgan fingerprint density at radius 3 is 2.47 bits per heavy atom. The van der Waals surface area contributed by atoms with Crippen LogP contribution in [0.2, 0.25) is 0 Å². The molecule has 0 aliphatic heterocycles. The summed E-state index contributed by atoms with van der Waals surface area (Å²) < 4.78 is 10.5. The summed E-state index contributed by atoms with van der Waals surface area (Å²) in [5.41, 5.74) is -0.223. The Morgan fingerprint density at radius 2 is 2.00 bits per heavy atom. The van der Waals surface area contributed by atoms with Gasteiger partial charge in [-0.1, -0.05) is 0 Å². The molecule has 1 aromatic rings. The number of carboxylic acids is 1. The average Bonchev–Trinajstić information content (AvgIpc) is 2.28. The van der Waals surface area contributed by atoms with Crippen LogP contribution in [-0.4, -0.2) is 29.9 Å². The maximum atomic E-state index is 11.1. The maximum absolute atomic E-state index is 11.1. The molecule has 19 heavy (non-hydrogen) atoms. The summed E-state index contributed by atoms with van der Waals surface area (Å²) in [4.78, 5) is 11.1. The van der Waals surface area contributed by atoms with Crippen molar-refractivity contribution < 1.29 is 24.5 Å². The molecule has 0 amide bonds. The Balaban J connectivity index is 3.13. The third-order valence-corrected chi connectivity index (χ3v) is 2.82. The second-order valence-corrected chi connectivity index (χ2v) is 4.95. The van der Waals surface area contributed by atoms with Gasteiger partial charge in [0.15, 0.2) is 11.5 Å². The van der Waals surface area contributed by atoms with Gasteiger partial charge in [-0.15, -0.1) is 0 Å². The van der Waals surface area contributed by atoms with Crippen molar-refractivity contribution in [2.24, 2.45) is 5.41 Å². The molecule has 0 saturated heterocycles. The number of ether oxygens (including phenoxy) is 2. The number of hydrogen-bond acceptors (Lipinski definition) is 4. The van der Waals surface area contributed by atoms with Crippen LogP contribution in [0.25, 0.3) is 0 Å². The summed E-state index contributed by atoms with van der Waals surface area (Å²) in [6.07, 6.45) is 0.292. The molecule has 0 saturated carbocycles. The Kier molecular flexibility index (Phi) is 4.64. The van der Waals surface area contributed by atoms with Gasteiger partial charge in [-0.3, -0.25) is 4.79 Å². The third-order valence-electron chi connectivity index (χ3n) is 2.82. The van der Waals surface area contributed by atoms with Gasteiger partial charge in [-0.05, 0) is 44.9 Å². The van der Waals surface area contributed by atoms with Gasteiger partial charge in [-0.25, -0.2) is 0 Å². The molecule has 0 aromatic heterocycles. The van der Waals surface area contributed by atoms with E-state index in [4.69, 9.17) is 14.6 Å². The van der Waals surface area contributed by atoms with Gasteiger partial charge < -0.3 is 19.7 Å². The first-order chi connectivity index (χ1) is 8.81. The van der Waals surface area contributed by atoms with E-state index in [2.05, 4.69) is 0 Å². The van der Waals surface area contributed by atoms with Crippen LogP contribution in [0.1, 0.15) is 26.3 Å². The number of hydrogen-bond donors (Lipinski definition) is 2. The molecule has 1 aromatic carbocycles. The summed E-state index contributed by atoms with van der Waals surface area (Å²) in [7, 11) is 1.44. The second-order valence-electron chi connectivity index (χ2n) is 4.95. The van der Waals surface area contributed by atoms with Crippen LogP contribution in [0.4, 0.5) is 0 Å². The molecule has 0 radical (unpaired) electrons. The second kappa shape index (κ2) is 5.82. The molecular weight excluding hydrogens is 248 g/mol. The molecule has 1 rings (SSSR count). The molecule has 5 nitrogen and oxygen atoms in total. The molecule has 0 aliphatic rings. The number of carbonyl (C=O) groups is 1. The first-order valence-corrected chi connectivity index (χ1v) is 6.08. The zero-order valence-corrected chi connectivity index (χ0v) is 11.7. The zero-order chi connectivity index (χ0) is 14.6. The molecule has 106 valence electrons. The largest absolute Gasteiger partial charge is 0.504 e. The van der Waals surface area contributed by atoms with E-state index >= 15 is 0 Å². The minimum Gasteiger partial charge on any atom is -0.504 e. The van der Waals surface area contributed by atoms with Crippen molar-refractivity contribution in [1.29, 1.82) is 0 Å². The Morgan fingerprint density at radius 1 is 1.37 bits per heavy atom. The average molecular weight is 268 g/mol. The minimum atomic E-state index is -0.912. The molecule has 5 heteroatoms. The summed E-state index contributed by atoms with van der Waals surface area (Å²) in [5, 5.41) is 19.0. The van der Waals surface area contributed by atoms with Crippen LogP contribution in [-0.2, 0) is 11.2 Å². The van der Waals surface area contributed by atoms with Crippen molar-refractivity contribution in [2.75, 3.05) is 13.7 Å². The van der Waals surface area contributed by atoms with Gasteiger partial charge in [0, 0.05) is 0 Å².